The van der Waals surface area contributed by atoms with Gasteiger partial charge in [0.2, 0.25) is 0 Å². The Bertz CT molecular complexity index is 257. The van der Waals surface area contributed by atoms with E-state index in [0.717, 1.165) is 0 Å². The minimum Gasteiger partial charge on any atom is -0.480 e. The van der Waals surface area contributed by atoms with Crippen LogP contribution in [0.4, 0.5) is 13.2 Å². The van der Waals surface area contributed by atoms with Gasteiger partial charge in [0, 0.05) is 0 Å². The molecule has 0 saturated heterocycles. The Hall–Kier alpha value is -0.920. The number of aliphatic carboxylic acids is 1. The maximum Gasteiger partial charge on any atom is 0.471 e. The van der Waals surface area contributed by atoms with E-state index in [4.69, 9.17) is 5.11 Å². The van der Waals surface area contributed by atoms with Gasteiger partial charge in [-0.3, -0.25) is 4.79 Å². The fourth-order valence-corrected chi connectivity index (χ4v) is 1.38. The van der Waals surface area contributed by atoms with Gasteiger partial charge < -0.3 is 10.4 Å². The van der Waals surface area contributed by atoms with Crippen molar-refractivity contribution in [3.8, 4) is 0 Å². The van der Waals surface area contributed by atoms with E-state index in [-0.39, 0.29) is 6.42 Å². The lowest BCUT2D eigenvalue weighted by Gasteiger charge is -2.15. The van der Waals surface area contributed by atoms with Crippen molar-refractivity contribution in [2.24, 2.45) is 0 Å². The second-order valence-corrected chi connectivity index (χ2v) is 3.98. The van der Waals surface area contributed by atoms with Gasteiger partial charge in [0.05, 0.1) is 0 Å². The molecular weight excluding hydrogens is 247 g/mol. The summed E-state index contributed by atoms with van der Waals surface area (Å²) in [5, 5.41) is 10.0. The summed E-state index contributed by atoms with van der Waals surface area (Å²) in [6.45, 7) is 0. The number of hydrogen-bond donors (Lipinski definition) is 2. The Kier molecular flexibility index (Phi) is 6.24. The lowest BCUT2D eigenvalue weighted by molar-refractivity contribution is -0.175. The largest absolute Gasteiger partial charge is 0.480 e. The molecule has 1 atom stereocenters. The van der Waals surface area contributed by atoms with Gasteiger partial charge in [0.25, 0.3) is 0 Å². The molecule has 0 aromatic rings. The Morgan fingerprint density at radius 1 is 1.44 bits per heavy atom. The monoisotopic (exact) mass is 259 g/mol. The van der Waals surface area contributed by atoms with Crippen molar-refractivity contribution in [1.29, 1.82) is 0 Å². The summed E-state index contributed by atoms with van der Waals surface area (Å²) in [5.74, 6) is -3.05. The van der Waals surface area contributed by atoms with Crippen LogP contribution in [-0.2, 0) is 9.59 Å². The molecule has 0 rings (SSSR count). The van der Waals surface area contributed by atoms with Crippen LogP contribution >= 0.6 is 11.8 Å². The summed E-state index contributed by atoms with van der Waals surface area (Å²) in [7, 11) is 0. The molecule has 0 saturated carbocycles. The number of carboxylic acids is 1. The predicted molar refractivity (Wildman–Crippen MR) is 53.2 cm³/mol. The van der Waals surface area contributed by atoms with Crippen molar-refractivity contribution in [2.75, 3.05) is 12.0 Å². The standard InChI is InChI=1S/C8H12F3NO3S/c1-16-4-2-3-5(6(13)14)12-7(15)8(9,10)11/h5H,2-4H2,1H3,(H,12,15)(H,13,14). The third kappa shape index (κ3) is 5.84. The van der Waals surface area contributed by atoms with Crippen molar-refractivity contribution in [3.05, 3.63) is 0 Å². The Labute approximate surface area is 94.6 Å². The van der Waals surface area contributed by atoms with E-state index in [0.29, 0.717) is 12.2 Å². The van der Waals surface area contributed by atoms with E-state index in [2.05, 4.69) is 0 Å². The Morgan fingerprint density at radius 2 is 2.00 bits per heavy atom. The number of halogens is 3. The zero-order valence-corrected chi connectivity index (χ0v) is 9.32. The summed E-state index contributed by atoms with van der Waals surface area (Å²) in [6, 6.07) is -1.48. The SMILES string of the molecule is CSCCCC(NC(=O)C(F)(F)F)C(=O)O. The first kappa shape index (κ1) is 15.1. The molecule has 16 heavy (non-hydrogen) atoms. The molecule has 0 bridgehead atoms. The third-order valence-corrected chi connectivity index (χ3v) is 2.40. The van der Waals surface area contributed by atoms with E-state index in [1.54, 1.807) is 6.26 Å². The highest BCUT2D eigenvalue weighted by Crippen LogP contribution is 2.15. The molecular formula is C8H12F3NO3S. The lowest BCUT2D eigenvalue weighted by atomic mass is 10.1. The molecule has 1 amide bonds. The molecule has 1 unspecified atom stereocenters. The smallest absolute Gasteiger partial charge is 0.471 e. The first-order chi connectivity index (χ1) is 7.29. The first-order valence-electron chi connectivity index (χ1n) is 4.38. The van der Waals surface area contributed by atoms with Crippen molar-refractivity contribution in [2.45, 2.75) is 25.1 Å². The van der Waals surface area contributed by atoms with Crippen LogP contribution in [0.3, 0.4) is 0 Å². The summed E-state index contributed by atoms with van der Waals surface area (Å²) < 4.78 is 35.6. The zero-order valence-electron chi connectivity index (χ0n) is 8.50. The fourth-order valence-electron chi connectivity index (χ4n) is 0.929. The molecule has 0 aromatic carbocycles. The van der Waals surface area contributed by atoms with Gasteiger partial charge in [-0.1, -0.05) is 0 Å². The fraction of sp³-hybridized carbons (Fsp3) is 0.750. The van der Waals surface area contributed by atoms with E-state index in [1.165, 1.54) is 17.1 Å². The lowest BCUT2D eigenvalue weighted by Crippen LogP contribution is -2.46. The number of carbonyl (C=O) groups excluding carboxylic acids is 1. The van der Waals surface area contributed by atoms with Crippen molar-refractivity contribution >= 4 is 23.6 Å². The molecule has 0 radical (unpaired) electrons. The zero-order chi connectivity index (χ0) is 12.8. The van der Waals surface area contributed by atoms with Gasteiger partial charge in [0.15, 0.2) is 0 Å². The Morgan fingerprint density at radius 3 is 2.38 bits per heavy atom. The highest BCUT2D eigenvalue weighted by molar-refractivity contribution is 7.98. The predicted octanol–water partition coefficient (Wildman–Crippen LogP) is 1.26. The van der Waals surface area contributed by atoms with Crippen LogP contribution < -0.4 is 5.32 Å². The second kappa shape index (κ2) is 6.62. The van der Waals surface area contributed by atoms with E-state index >= 15 is 0 Å². The van der Waals surface area contributed by atoms with Crippen LogP contribution in [0.25, 0.3) is 0 Å². The number of carbonyl (C=O) groups is 2. The van der Waals surface area contributed by atoms with Crippen LogP contribution in [0.5, 0.6) is 0 Å². The van der Waals surface area contributed by atoms with Gasteiger partial charge in [-0.25, -0.2) is 4.79 Å². The topological polar surface area (TPSA) is 66.4 Å². The average molecular weight is 259 g/mol. The molecule has 0 fully saturated rings. The van der Waals surface area contributed by atoms with E-state index in [9.17, 15) is 22.8 Å². The molecule has 0 aliphatic carbocycles. The number of rotatable bonds is 6. The third-order valence-electron chi connectivity index (χ3n) is 1.70. The van der Waals surface area contributed by atoms with Gasteiger partial charge >= 0.3 is 18.1 Å². The molecule has 0 aliphatic rings. The highest BCUT2D eigenvalue weighted by atomic mass is 32.2. The second-order valence-electron chi connectivity index (χ2n) is 3.00. The summed E-state index contributed by atoms with van der Waals surface area (Å²) in [4.78, 5) is 21.1. The first-order valence-corrected chi connectivity index (χ1v) is 5.78. The quantitative estimate of drug-likeness (QED) is 0.705. The van der Waals surface area contributed by atoms with E-state index in [1.807, 2.05) is 0 Å². The Balaban J connectivity index is 4.24. The highest BCUT2D eigenvalue weighted by Gasteiger charge is 2.40. The van der Waals surface area contributed by atoms with Crippen LogP contribution in [0.15, 0.2) is 0 Å². The van der Waals surface area contributed by atoms with Gasteiger partial charge in [-0.2, -0.15) is 24.9 Å². The number of hydrogen-bond acceptors (Lipinski definition) is 3. The summed E-state index contributed by atoms with van der Waals surface area (Å²) >= 11 is 1.45. The number of amides is 1. The minimum absolute atomic E-state index is 0.0159. The molecule has 0 aromatic heterocycles. The molecule has 2 N–H and O–H groups in total. The molecule has 0 heterocycles. The summed E-state index contributed by atoms with van der Waals surface area (Å²) in [6.07, 6.45) is -2.84. The van der Waals surface area contributed by atoms with Crippen LogP contribution in [0, 0.1) is 0 Å². The van der Waals surface area contributed by atoms with Crippen molar-refractivity contribution < 1.29 is 27.9 Å². The molecule has 4 nitrogen and oxygen atoms in total. The van der Waals surface area contributed by atoms with Gasteiger partial charge in [-0.15, -0.1) is 0 Å². The van der Waals surface area contributed by atoms with E-state index < -0.39 is 24.1 Å². The maximum atomic E-state index is 11.9. The normalized spacial score (nSPS) is 13.2. The summed E-state index contributed by atoms with van der Waals surface area (Å²) in [5.41, 5.74) is 0. The maximum absolute atomic E-state index is 11.9. The number of alkyl halides is 3. The minimum atomic E-state index is -5.05. The molecule has 0 spiro atoms. The molecule has 94 valence electrons. The van der Waals surface area contributed by atoms with Crippen LogP contribution in [0.2, 0.25) is 0 Å². The van der Waals surface area contributed by atoms with Crippen LogP contribution in [-0.4, -0.2) is 41.2 Å². The van der Waals surface area contributed by atoms with Gasteiger partial charge in [0.1, 0.15) is 6.04 Å². The number of carboxylic acid groups (broad SMARTS) is 1. The number of thioether (sulfide) groups is 1. The van der Waals surface area contributed by atoms with Crippen LogP contribution in [0.1, 0.15) is 12.8 Å². The van der Waals surface area contributed by atoms with Gasteiger partial charge in [-0.05, 0) is 24.9 Å². The average Bonchev–Trinajstić information content (AvgIpc) is 2.14. The molecule has 8 heteroatoms. The van der Waals surface area contributed by atoms with Crippen molar-refractivity contribution in [1.82, 2.24) is 5.32 Å². The van der Waals surface area contributed by atoms with Crippen molar-refractivity contribution in [3.63, 3.8) is 0 Å². The number of nitrogens with one attached hydrogen (secondary N) is 1. The molecule has 0 aliphatic heterocycles.